The zero-order chi connectivity index (χ0) is 19.8. The lowest BCUT2D eigenvalue weighted by Gasteiger charge is -2.31. The number of amides is 1. The van der Waals surface area contributed by atoms with Gasteiger partial charge in [-0.25, -0.2) is 0 Å². The van der Waals surface area contributed by atoms with Gasteiger partial charge in [0, 0.05) is 11.1 Å². The lowest BCUT2D eigenvalue weighted by atomic mass is 9.95. The lowest BCUT2D eigenvalue weighted by molar-refractivity contribution is -0.0816. The van der Waals surface area contributed by atoms with Gasteiger partial charge in [-0.1, -0.05) is 48.9 Å². The summed E-state index contributed by atoms with van der Waals surface area (Å²) in [5.41, 5.74) is -1.30. The molecule has 3 rings (SSSR count). The Labute approximate surface area is 154 Å². The molecule has 1 atom stereocenters. The Hall–Kier alpha value is -2.67. The van der Waals surface area contributed by atoms with Crippen molar-refractivity contribution in [1.82, 2.24) is 5.01 Å². The monoisotopic (exact) mass is 376 g/mol. The van der Waals surface area contributed by atoms with E-state index < -0.39 is 29.9 Å². The molecule has 27 heavy (non-hydrogen) atoms. The molecule has 0 aromatic heterocycles. The molecule has 142 valence electrons. The van der Waals surface area contributed by atoms with Gasteiger partial charge in [0.05, 0.1) is 6.42 Å². The molecule has 1 aliphatic rings. The molecule has 1 N–H and O–H groups in total. The number of hydrogen-bond donors (Lipinski definition) is 1. The number of carbonyl (C=O) groups is 1. The van der Waals surface area contributed by atoms with Gasteiger partial charge in [-0.05, 0) is 31.0 Å². The van der Waals surface area contributed by atoms with Crippen molar-refractivity contribution in [1.29, 1.82) is 0 Å². The molecular weight excluding hydrogens is 357 g/mol. The van der Waals surface area contributed by atoms with Crippen LogP contribution in [0.4, 0.5) is 13.2 Å². The second kappa shape index (κ2) is 6.81. The first-order valence-corrected chi connectivity index (χ1v) is 8.53. The maximum Gasteiger partial charge on any atom is 0.431 e. The SMILES string of the molecule is CCc1ccc([C@]2(O)CC(C(F)(F)F)=NN2C(=O)c2cccc(C)c2)cc1. The number of carbonyl (C=O) groups excluding carboxylic acids is 1. The molecule has 1 heterocycles. The second-order valence-electron chi connectivity index (χ2n) is 6.57. The quantitative estimate of drug-likeness (QED) is 0.874. The number of rotatable bonds is 3. The summed E-state index contributed by atoms with van der Waals surface area (Å²) in [6, 6.07) is 12.9. The minimum absolute atomic E-state index is 0.158. The highest BCUT2D eigenvalue weighted by Gasteiger charge is 2.53. The topological polar surface area (TPSA) is 52.9 Å². The summed E-state index contributed by atoms with van der Waals surface area (Å²) >= 11 is 0. The minimum Gasteiger partial charge on any atom is -0.365 e. The zero-order valence-electron chi connectivity index (χ0n) is 14.9. The van der Waals surface area contributed by atoms with Crippen LogP contribution in [-0.4, -0.2) is 27.9 Å². The molecule has 0 saturated carbocycles. The molecule has 0 fully saturated rings. The number of hydrogen-bond acceptors (Lipinski definition) is 3. The van der Waals surface area contributed by atoms with E-state index in [0.29, 0.717) is 5.01 Å². The summed E-state index contributed by atoms with van der Waals surface area (Å²) in [5, 5.41) is 15.1. The predicted octanol–water partition coefficient (Wildman–Crippen LogP) is 4.17. The van der Waals surface area contributed by atoms with E-state index in [2.05, 4.69) is 5.10 Å². The maximum absolute atomic E-state index is 13.3. The molecule has 4 nitrogen and oxygen atoms in total. The summed E-state index contributed by atoms with van der Waals surface area (Å²) < 4.78 is 39.8. The third kappa shape index (κ3) is 3.60. The first-order chi connectivity index (χ1) is 12.6. The molecule has 1 aliphatic heterocycles. The summed E-state index contributed by atoms with van der Waals surface area (Å²) in [5.74, 6) is -0.792. The van der Waals surface area contributed by atoms with E-state index in [1.807, 2.05) is 6.92 Å². The van der Waals surface area contributed by atoms with E-state index in [1.165, 1.54) is 18.2 Å². The third-order valence-corrected chi connectivity index (χ3v) is 4.59. The van der Waals surface area contributed by atoms with Crippen molar-refractivity contribution in [2.75, 3.05) is 0 Å². The second-order valence-corrected chi connectivity index (χ2v) is 6.57. The summed E-state index contributed by atoms with van der Waals surface area (Å²) in [7, 11) is 0. The molecule has 0 saturated heterocycles. The van der Waals surface area contributed by atoms with E-state index >= 15 is 0 Å². The maximum atomic E-state index is 13.3. The van der Waals surface area contributed by atoms with E-state index in [9.17, 15) is 23.1 Å². The van der Waals surface area contributed by atoms with Crippen LogP contribution in [0.5, 0.6) is 0 Å². The molecular formula is C20H19F3N2O2. The van der Waals surface area contributed by atoms with Crippen molar-refractivity contribution < 1.29 is 23.1 Å². The van der Waals surface area contributed by atoms with Crippen molar-refractivity contribution in [3.63, 3.8) is 0 Å². The first kappa shape index (κ1) is 19.1. The first-order valence-electron chi connectivity index (χ1n) is 8.53. The van der Waals surface area contributed by atoms with Crippen molar-refractivity contribution in [3.05, 3.63) is 70.8 Å². The van der Waals surface area contributed by atoms with Gasteiger partial charge in [0.15, 0.2) is 5.72 Å². The van der Waals surface area contributed by atoms with Crippen LogP contribution >= 0.6 is 0 Å². The predicted molar refractivity (Wildman–Crippen MR) is 95.2 cm³/mol. The van der Waals surface area contributed by atoms with E-state index in [1.54, 1.807) is 37.3 Å². The Kier molecular flexibility index (Phi) is 4.82. The summed E-state index contributed by atoms with van der Waals surface area (Å²) in [6.07, 6.45) is -4.81. The highest BCUT2D eigenvalue weighted by Crippen LogP contribution is 2.40. The van der Waals surface area contributed by atoms with Crippen molar-refractivity contribution in [2.45, 2.75) is 38.6 Å². The van der Waals surface area contributed by atoms with Crippen molar-refractivity contribution >= 4 is 11.6 Å². The number of hydrazone groups is 1. The van der Waals surface area contributed by atoms with Gasteiger partial charge in [0.25, 0.3) is 5.91 Å². The Morgan fingerprint density at radius 3 is 2.44 bits per heavy atom. The van der Waals surface area contributed by atoms with E-state index in [0.717, 1.165) is 17.5 Å². The van der Waals surface area contributed by atoms with Crippen molar-refractivity contribution in [2.24, 2.45) is 5.10 Å². The standard InChI is InChI=1S/C20H19F3N2O2/c1-3-14-7-9-16(10-8-14)19(27)12-17(20(21,22)23)24-25(19)18(26)15-6-4-5-13(2)11-15/h4-11,27H,3,12H2,1-2H3/t19-/m1/s1. The third-order valence-electron chi connectivity index (χ3n) is 4.59. The molecule has 0 radical (unpaired) electrons. The fourth-order valence-electron chi connectivity index (χ4n) is 3.05. The van der Waals surface area contributed by atoms with Gasteiger partial charge in [-0.15, -0.1) is 0 Å². The number of aryl methyl sites for hydroxylation is 2. The number of aliphatic hydroxyl groups is 1. The number of halogens is 3. The van der Waals surface area contributed by atoms with Crippen LogP contribution in [0.1, 0.15) is 40.4 Å². The highest BCUT2D eigenvalue weighted by molar-refractivity contribution is 6.00. The van der Waals surface area contributed by atoms with E-state index in [4.69, 9.17) is 0 Å². The normalized spacial score (nSPS) is 19.9. The fourth-order valence-corrected chi connectivity index (χ4v) is 3.05. The van der Waals surface area contributed by atoms with Gasteiger partial charge in [0.1, 0.15) is 5.71 Å². The van der Waals surface area contributed by atoms with Crippen LogP contribution in [0.15, 0.2) is 53.6 Å². The molecule has 0 spiro atoms. The van der Waals surface area contributed by atoms with E-state index in [-0.39, 0.29) is 11.1 Å². The molecule has 1 amide bonds. The summed E-state index contributed by atoms with van der Waals surface area (Å²) in [4.78, 5) is 12.9. The molecule has 0 aliphatic carbocycles. The summed E-state index contributed by atoms with van der Waals surface area (Å²) in [6.45, 7) is 3.71. The smallest absolute Gasteiger partial charge is 0.365 e. The Balaban J connectivity index is 2.06. The van der Waals surface area contributed by atoms with Crippen LogP contribution in [-0.2, 0) is 12.1 Å². The number of alkyl halides is 3. The fraction of sp³-hybridized carbons (Fsp3) is 0.300. The highest BCUT2D eigenvalue weighted by atomic mass is 19.4. The lowest BCUT2D eigenvalue weighted by Crippen LogP contribution is -2.43. The van der Waals surface area contributed by atoms with Crippen LogP contribution in [0, 0.1) is 6.92 Å². The number of nitrogens with zero attached hydrogens (tertiary/aromatic N) is 2. The van der Waals surface area contributed by atoms with Gasteiger partial charge >= 0.3 is 6.18 Å². The van der Waals surface area contributed by atoms with Gasteiger partial charge in [0.2, 0.25) is 0 Å². The molecule has 7 heteroatoms. The van der Waals surface area contributed by atoms with Crippen LogP contribution in [0.3, 0.4) is 0 Å². The Morgan fingerprint density at radius 2 is 1.89 bits per heavy atom. The average Bonchev–Trinajstić information content (AvgIpc) is 3.00. The van der Waals surface area contributed by atoms with Crippen LogP contribution in [0.25, 0.3) is 0 Å². The number of benzene rings is 2. The zero-order valence-corrected chi connectivity index (χ0v) is 14.9. The molecule has 0 bridgehead atoms. The molecule has 2 aromatic carbocycles. The largest absolute Gasteiger partial charge is 0.431 e. The van der Waals surface area contributed by atoms with Gasteiger partial charge in [-0.3, -0.25) is 4.79 Å². The molecule has 0 unspecified atom stereocenters. The Morgan fingerprint density at radius 1 is 1.22 bits per heavy atom. The minimum atomic E-state index is -4.74. The van der Waals surface area contributed by atoms with Crippen LogP contribution in [0.2, 0.25) is 0 Å². The average molecular weight is 376 g/mol. The Bertz CT molecular complexity index is 891. The van der Waals surface area contributed by atoms with Gasteiger partial charge in [-0.2, -0.15) is 23.3 Å². The van der Waals surface area contributed by atoms with Crippen molar-refractivity contribution in [3.8, 4) is 0 Å². The van der Waals surface area contributed by atoms with Crippen LogP contribution < -0.4 is 0 Å². The molecule has 2 aromatic rings. The van der Waals surface area contributed by atoms with Gasteiger partial charge < -0.3 is 5.11 Å².